The third-order valence-electron chi connectivity index (χ3n) is 3.48. The van der Waals surface area contributed by atoms with Gasteiger partial charge in [-0.25, -0.2) is 0 Å². The highest BCUT2D eigenvalue weighted by Crippen LogP contribution is 2.32. The van der Waals surface area contributed by atoms with E-state index >= 15 is 0 Å². The maximum absolute atomic E-state index is 3.29. The predicted octanol–water partition coefficient (Wildman–Crippen LogP) is 4.16. The number of rotatable bonds is 1. The molecule has 1 aromatic carbocycles. The van der Waals surface area contributed by atoms with Gasteiger partial charge in [0.25, 0.3) is 0 Å². The Labute approximate surface area is 99.1 Å². The molecule has 84 valence electrons. The van der Waals surface area contributed by atoms with Gasteiger partial charge in [0, 0.05) is 12.8 Å². The zero-order valence-corrected chi connectivity index (χ0v) is 10.3. The first-order valence-electron chi connectivity index (χ1n) is 6.32. The second-order valence-corrected chi connectivity index (χ2v) is 4.97. The van der Waals surface area contributed by atoms with Crippen molar-refractivity contribution in [2.45, 2.75) is 45.4 Å². The summed E-state index contributed by atoms with van der Waals surface area (Å²) in [6.45, 7) is 4.67. The van der Waals surface area contributed by atoms with Crippen LogP contribution in [0.25, 0.3) is 0 Å². The molecule has 0 radical (unpaired) electrons. The lowest BCUT2D eigenvalue weighted by Crippen LogP contribution is -2.09. The molecule has 0 nitrogen and oxygen atoms in total. The summed E-state index contributed by atoms with van der Waals surface area (Å²) < 4.78 is 0. The summed E-state index contributed by atoms with van der Waals surface area (Å²) in [7, 11) is 0. The van der Waals surface area contributed by atoms with Crippen molar-refractivity contribution < 1.29 is 0 Å². The Balaban J connectivity index is 2.38. The molecule has 0 N–H and O–H groups in total. The highest BCUT2D eigenvalue weighted by molar-refractivity contribution is 5.34. The van der Waals surface area contributed by atoms with Gasteiger partial charge in [-0.2, -0.15) is 0 Å². The number of benzene rings is 1. The Morgan fingerprint density at radius 1 is 1.19 bits per heavy atom. The van der Waals surface area contributed by atoms with Crippen LogP contribution in [0.4, 0.5) is 0 Å². The predicted molar refractivity (Wildman–Crippen MR) is 69.4 cm³/mol. The average molecular weight is 212 g/mol. The molecular weight excluding hydrogens is 192 g/mol. The molecule has 1 unspecified atom stereocenters. The van der Waals surface area contributed by atoms with Crippen LogP contribution >= 0.6 is 0 Å². The van der Waals surface area contributed by atoms with Gasteiger partial charge in [0.15, 0.2) is 0 Å². The molecule has 0 aromatic heterocycles. The summed E-state index contributed by atoms with van der Waals surface area (Å²) >= 11 is 0. The van der Waals surface area contributed by atoms with Gasteiger partial charge in [-0.3, -0.25) is 0 Å². The second-order valence-electron chi connectivity index (χ2n) is 4.97. The van der Waals surface area contributed by atoms with Gasteiger partial charge in [-0.05, 0) is 35.8 Å². The SMILES string of the molecule is CC(C)C1CCCC#CCc2ccccc21. The van der Waals surface area contributed by atoms with Crippen LogP contribution in [0.15, 0.2) is 24.3 Å². The largest absolute Gasteiger partial charge is 0.103 e. The standard InChI is InChI=1S/C16H20/c1-13(2)15-11-6-4-3-5-9-14-10-7-8-12-16(14)15/h7-8,10,12-13,15H,4,6,9,11H2,1-2H3. The van der Waals surface area contributed by atoms with E-state index in [9.17, 15) is 0 Å². The molecule has 0 spiro atoms. The maximum atomic E-state index is 3.29. The van der Waals surface area contributed by atoms with Crippen LogP contribution in [-0.4, -0.2) is 0 Å². The number of fused-ring (bicyclic) bond motifs is 1. The quantitative estimate of drug-likeness (QED) is 0.613. The summed E-state index contributed by atoms with van der Waals surface area (Å²) in [5.74, 6) is 8.00. The van der Waals surface area contributed by atoms with Gasteiger partial charge < -0.3 is 0 Å². The first kappa shape index (κ1) is 11.3. The van der Waals surface area contributed by atoms with Gasteiger partial charge in [-0.15, -0.1) is 5.92 Å². The Kier molecular flexibility index (Phi) is 3.67. The molecule has 0 bridgehead atoms. The lowest BCUT2D eigenvalue weighted by atomic mass is 9.82. The normalized spacial score (nSPS) is 20.1. The highest BCUT2D eigenvalue weighted by atomic mass is 14.2. The first-order valence-corrected chi connectivity index (χ1v) is 6.32. The third kappa shape index (κ3) is 2.47. The molecule has 1 aliphatic rings. The molecule has 0 fully saturated rings. The van der Waals surface area contributed by atoms with Gasteiger partial charge in [0.05, 0.1) is 0 Å². The molecule has 0 aliphatic heterocycles. The molecule has 16 heavy (non-hydrogen) atoms. The van der Waals surface area contributed by atoms with Crippen LogP contribution in [-0.2, 0) is 6.42 Å². The van der Waals surface area contributed by atoms with Crippen molar-refractivity contribution in [3.8, 4) is 11.8 Å². The molecule has 0 heteroatoms. The second kappa shape index (κ2) is 5.21. The van der Waals surface area contributed by atoms with Crippen molar-refractivity contribution in [3.05, 3.63) is 35.4 Å². The van der Waals surface area contributed by atoms with E-state index in [2.05, 4.69) is 50.0 Å². The van der Waals surface area contributed by atoms with E-state index in [1.54, 1.807) is 0 Å². The Morgan fingerprint density at radius 2 is 2.00 bits per heavy atom. The molecule has 1 aromatic rings. The van der Waals surface area contributed by atoms with E-state index in [1.807, 2.05) is 0 Å². The molecule has 1 atom stereocenters. The van der Waals surface area contributed by atoms with E-state index in [0.717, 1.165) is 18.8 Å². The van der Waals surface area contributed by atoms with Crippen molar-refractivity contribution >= 4 is 0 Å². The van der Waals surface area contributed by atoms with Crippen molar-refractivity contribution in [1.82, 2.24) is 0 Å². The van der Waals surface area contributed by atoms with Crippen LogP contribution in [0, 0.1) is 17.8 Å². The minimum Gasteiger partial charge on any atom is -0.103 e. The van der Waals surface area contributed by atoms with Crippen LogP contribution < -0.4 is 0 Å². The first-order chi connectivity index (χ1) is 7.79. The Hall–Kier alpha value is -1.22. The molecule has 0 saturated carbocycles. The highest BCUT2D eigenvalue weighted by Gasteiger charge is 2.18. The van der Waals surface area contributed by atoms with Crippen molar-refractivity contribution in [2.75, 3.05) is 0 Å². The maximum Gasteiger partial charge on any atom is 0.0343 e. The van der Waals surface area contributed by atoms with Crippen molar-refractivity contribution in [1.29, 1.82) is 0 Å². The topological polar surface area (TPSA) is 0 Å². The Bertz CT molecular complexity index is 404. The third-order valence-corrected chi connectivity index (χ3v) is 3.48. The van der Waals surface area contributed by atoms with Gasteiger partial charge in [0.1, 0.15) is 0 Å². The lowest BCUT2D eigenvalue weighted by molar-refractivity contribution is 0.456. The molecule has 0 heterocycles. The van der Waals surface area contributed by atoms with Crippen molar-refractivity contribution in [3.63, 3.8) is 0 Å². The monoisotopic (exact) mass is 212 g/mol. The van der Waals surface area contributed by atoms with E-state index in [0.29, 0.717) is 5.92 Å². The fraction of sp³-hybridized carbons (Fsp3) is 0.500. The van der Waals surface area contributed by atoms with Crippen LogP contribution in [0.1, 0.15) is 50.2 Å². The summed E-state index contributed by atoms with van der Waals surface area (Å²) in [5, 5.41) is 0. The molecular formula is C16H20. The van der Waals surface area contributed by atoms with Crippen LogP contribution in [0.3, 0.4) is 0 Å². The van der Waals surface area contributed by atoms with Crippen molar-refractivity contribution in [2.24, 2.45) is 5.92 Å². The van der Waals surface area contributed by atoms with Crippen LogP contribution in [0.5, 0.6) is 0 Å². The molecule has 0 saturated heterocycles. The number of hydrogen-bond acceptors (Lipinski definition) is 0. The van der Waals surface area contributed by atoms with E-state index < -0.39 is 0 Å². The van der Waals surface area contributed by atoms with E-state index in [-0.39, 0.29) is 0 Å². The minimum absolute atomic E-state index is 0.706. The van der Waals surface area contributed by atoms with E-state index in [1.165, 1.54) is 24.0 Å². The zero-order chi connectivity index (χ0) is 11.4. The lowest BCUT2D eigenvalue weighted by Gasteiger charge is -2.23. The summed E-state index contributed by atoms with van der Waals surface area (Å²) in [4.78, 5) is 0. The molecule has 0 amide bonds. The summed E-state index contributed by atoms with van der Waals surface area (Å²) in [6, 6.07) is 8.84. The fourth-order valence-corrected chi connectivity index (χ4v) is 2.56. The average Bonchev–Trinajstić information content (AvgIpc) is 2.38. The smallest absolute Gasteiger partial charge is 0.0343 e. The fourth-order valence-electron chi connectivity index (χ4n) is 2.56. The number of hydrogen-bond donors (Lipinski definition) is 0. The molecule has 1 aliphatic carbocycles. The summed E-state index contributed by atoms with van der Waals surface area (Å²) in [6.07, 6.45) is 4.52. The van der Waals surface area contributed by atoms with Gasteiger partial charge in [0.2, 0.25) is 0 Å². The Morgan fingerprint density at radius 3 is 2.81 bits per heavy atom. The molecule has 2 rings (SSSR count). The zero-order valence-electron chi connectivity index (χ0n) is 10.3. The van der Waals surface area contributed by atoms with Gasteiger partial charge >= 0.3 is 0 Å². The summed E-state index contributed by atoms with van der Waals surface area (Å²) in [5.41, 5.74) is 2.98. The minimum atomic E-state index is 0.706. The van der Waals surface area contributed by atoms with E-state index in [4.69, 9.17) is 0 Å². The van der Waals surface area contributed by atoms with Crippen LogP contribution in [0.2, 0.25) is 0 Å². The van der Waals surface area contributed by atoms with Gasteiger partial charge in [-0.1, -0.05) is 44.0 Å².